The van der Waals surface area contributed by atoms with E-state index in [1.807, 2.05) is 52.0 Å². The van der Waals surface area contributed by atoms with Gasteiger partial charge in [0.1, 0.15) is 6.07 Å². The molecule has 6 rings (SSSR count). The number of carbonyl (C=O) groups excluding carboxylic acids is 2. The van der Waals surface area contributed by atoms with E-state index >= 15 is 0 Å². The fourth-order valence-corrected chi connectivity index (χ4v) is 7.80. The fourth-order valence-electron chi connectivity index (χ4n) is 6.00. The van der Waals surface area contributed by atoms with Gasteiger partial charge in [0, 0.05) is 21.9 Å². The minimum Gasteiger partial charge on any atom is -0.268 e. The van der Waals surface area contributed by atoms with Crippen molar-refractivity contribution < 1.29 is 18.0 Å². The average Bonchev–Trinajstić information content (AvgIpc) is 2.93. The third-order valence-electron chi connectivity index (χ3n) is 7.75. The van der Waals surface area contributed by atoms with Gasteiger partial charge >= 0.3 is 0 Å². The van der Waals surface area contributed by atoms with Gasteiger partial charge in [-0.15, -0.1) is 0 Å². The van der Waals surface area contributed by atoms with E-state index < -0.39 is 21.7 Å². The van der Waals surface area contributed by atoms with Gasteiger partial charge < -0.3 is 0 Å². The van der Waals surface area contributed by atoms with Crippen LogP contribution in [0.25, 0.3) is 21.9 Å². The maximum Gasteiger partial charge on any atom is 0.266 e. The van der Waals surface area contributed by atoms with Crippen molar-refractivity contribution in [3.63, 3.8) is 0 Å². The van der Waals surface area contributed by atoms with Gasteiger partial charge in [-0.25, -0.2) is 13.3 Å². The lowest BCUT2D eigenvalue weighted by Crippen LogP contribution is -2.42. The summed E-state index contributed by atoms with van der Waals surface area (Å²) in [7, 11) is -4.20. The van der Waals surface area contributed by atoms with Gasteiger partial charge in [-0.05, 0) is 41.2 Å². The average molecular weight is 546 g/mol. The van der Waals surface area contributed by atoms with Gasteiger partial charge in [0.05, 0.1) is 43.8 Å². The number of sulfone groups is 1. The monoisotopic (exact) mass is 545 g/mol. The van der Waals surface area contributed by atoms with Gasteiger partial charge in [0.15, 0.2) is 0 Å². The number of amides is 2. The molecule has 8 heteroatoms. The quantitative estimate of drug-likeness (QED) is 0.241. The Bertz CT molecular complexity index is 2000. The number of rotatable bonds is 3. The molecule has 196 valence electrons. The molecule has 2 heterocycles. The first-order valence-electron chi connectivity index (χ1n) is 12.9. The van der Waals surface area contributed by atoms with Crippen LogP contribution in [0.4, 0.5) is 5.69 Å². The molecule has 0 saturated heterocycles. The summed E-state index contributed by atoms with van der Waals surface area (Å²) in [6, 6.07) is 18.8. The molecule has 0 aliphatic carbocycles. The third kappa shape index (κ3) is 3.17. The van der Waals surface area contributed by atoms with Gasteiger partial charge in [-0.3, -0.25) is 9.59 Å². The standard InChI is InChI=1S/C32H23N3O4S/c1-16(2)20-9-7-10-21(17(3)4)29(20)35-31(36)23-12-18(14-33)26-22-8-5-6-11-25(22)40(38,39)30-19(15-34)13-24(32(35)37)27(23)28(26)30/h5-13,16-17H,1-4H3. The fraction of sp³-hybridized carbons (Fsp3) is 0.188. The Balaban J connectivity index is 1.80. The van der Waals surface area contributed by atoms with E-state index in [4.69, 9.17) is 0 Å². The summed E-state index contributed by atoms with van der Waals surface area (Å²) < 4.78 is 27.7. The highest BCUT2D eigenvalue weighted by molar-refractivity contribution is 7.92. The zero-order valence-electron chi connectivity index (χ0n) is 22.2. The Morgan fingerprint density at radius 2 is 1.27 bits per heavy atom. The molecule has 0 atom stereocenters. The molecule has 0 unspecified atom stereocenters. The van der Waals surface area contributed by atoms with E-state index in [1.54, 1.807) is 18.2 Å². The first-order valence-corrected chi connectivity index (χ1v) is 14.4. The summed E-state index contributed by atoms with van der Waals surface area (Å²) >= 11 is 0. The predicted molar refractivity (Wildman–Crippen MR) is 150 cm³/mol. The van der Waals surface area contributed by atoms with Crippen molar-refractivity contribution in [2.75, 3.05) is 4.90 Å². The van der Waals surface area contributed by atoms with Gasteiger partial charge in [0.25, 0.3) is 11.8 Å². The number of imide groups is 1. The Hall–Kier alpha value is -4.79. The Morgan fingerprint density at radius 1 is 0.725 bits per heavy atom. The second-order valence-electron chi connectivity index (χ2n) is 10.7. The van der Waals surface area contributed by atoms with Crippen LogP contribution in [0.3, 0.4) is 0 Å². The van der Waals surface area contributed by atoms with Crippen LogP contribution in [-0.2, 0) is 9.84 Å². The molecule has 4 aromatic carbocycles. The van der Waals surface area contributed by atoms with E-state index in [1.165, 1.54) is 18.2 Å². The van der Waals surface area contributed by atoms with Crippen LogP contribution < -0.4 is 4.90 Å². The molecule has 2 amide bonds. The zero-order valence-corrected chi connectivity index (χ0v) is 23.1. The van der Waals surface area contributed by atoms with Crippen molar-refractivity contribution in [1.29, 1.82) is 10.5 Å². The van der Waals surface area contributed by atoms with E-state index in [2.05, 4.69) is 6.07 Å². The van der Waals surface area contributed by atoms with Crippen molar-refractivity contribution in [2.24, 2.45) is 0 Å². The summed E-state index contributed by atoms with van der Waals surface area (Å²) in [5.74, 6) is -1.31. The largest absolute Gasteiger partial charge is 0.268 e. The maximum atomic E-state index is 14.3. The van der Waals surface area contributed by atoms with Gasteiger partial charge in [-0.2, -0.15) is 10.5 Å². The molecular formula is C32H23N3O4S. The molecule has 0 aromatic heterocycles. The molecular weight excluding hydrogens is 522 g/mol. The lowest BCUT2D eigenvalue weighted by atomic mass is 9.83. The molecule has 0 fully saturated rings. The Kier molecular flexibility index (Phi) is 5.48. The highest BCUT2D eigenvalue weighted by Crippen LogP contribution is 2.51. The Morgan fingerprint density at radius 3 is 1.82 bits per heavy atom. The molecule has 7 nitrogen and oxygen atoms in total. The minimum absolute atomic E-state index is 0.0166. The number of hydrogen-bond donors (Lipinski definition) is 0. The van der Waals surface area contributed by atoms with Crippen LogP contribution in [0, 0.1) is 22.7 Å². The summed E-state index contributed by atoms with van der Waals surface area (Å²) in [6.45, 7) is 7.91. The van der Waals surface area contributed by atoms with Crippen molar-refractivity contribution >= 4 is 38.1 Å². The van der Waals surface area contributed by atoms with E-state index in [0.29, 0.717) is 16.8 Å². The number of fused-ring (bicyclic) bond motifs is 2. The van der Waals surface area contributed by atoms with E-state index in [0.717, 1.165) is 16.0 Å². The lowest BCUT2D eigenvalue weighted by Gasteiger charge is -2.34. The van der Waals surface area contributed by atoms with Crippen LogP contribution in [0.15, 0.2) is 64.4 Å². The summed E-state index contributed by atoms with van der Waals surface area (Å²) in [5, 5.41) is 20.6. The van der Waals surface area contributed by atoms with E-state index in [9.17, 15) is 28.5 Å². The third-order valence-corrected chi connectivity index (χ3v) is 9.64. The first kappa shape index (κ1) is 25.5. The van der Waals surface area contributed by atoms with Crippen molar-refractivity contribution in [1.82, 2.24) is 0 Å². The van der Waals surface area contributed by atoms with Crippen molar-refractivity contribution in [3.8, 4) is 23.3 Å². The topological polar surface area (TPSA) is 119 Å². The molecule has 4 aromatic rings. The number of nitriles is 2. The molecule has 0 spiro atoms. The summed E-state index contributed by atoms with van der Waals surface area (Å²) in [4.78, 5) is 29.4. The first-order chi connectivity index (χ1) is 19.0. The number of benzene rings is 4. The van der Waals surface area contributed by atoms with Crippen LogP contribution >= 0.6 is 0 Å². The summed E-state index contributed by atoms with van der Waals surface area (Å²) in [6.07, 6.45) is 0. The summed E-state index contributed by atoms with van der Waals surface area (Å²) in [5.41, 5.74) is 2.69. The molecule has 2 aliphatic heterocycles. The molecule has 40 heavy (non-hydrogen) atoms. The predicted octanol–water partition coefficient (Wildman–Crippen LogP) is 6.44. The highest BCUT2D eigenvalue weighted by atomic mass is 32.2. The molecule has 0 saturated carbocycles. The lowest BCUT2D eigenvalue weighted by molar-refractivity contribution is 0.0892. The Labute approximate surface area is 231 Å². The molecule has 0 bridgehead atoms. The SMILES string of the molecule is CC(C)c1cccc(C(C)C)c1N1C(=O)c2cc(C#N)c3c4c(c(C#N)cc(c24)C1=O)S(=O)(=O)c1ccccc1-3. The molecule has 0 N–H and O–H groups in total. The smallest absolute Gasteiger partial charge is 0.266 e. The van der Waals surface area contributed by atoms with Crippen LogP contribution in [0.5, 0.6) is 0 Å². The minimum atomic E-state index is -4.20. The number of carbonyl (C=O) groups is 2. The van der Waals surface area contributed by atoms with E-state index in [-0.39, 0.29) is 54.7 Å². The van der Waals surface area contributed by atoms with Crippen LogP contribution in [-0.4, -0.2) is 20.2 Å². The van der Waals surface area contributed by atoms with Crippen molar-refractivity contribution in [3.05, 3.63) is 88.0 Å². The highest BCUT2D eigenvalue weighted by Gasteiger charge is 2.43. The second kappa shape index (κ2) is 8.61. The maximum absolute atomic E-state index is 14.3. The number of nitrogens with zero attached hydrogens (tertiary/aromatic N) is 3. The van der Waals surface area contributed by atoms with Crippen molar-refractivity contribution in [2.45, 2.75) is 49.3 Å². The second-order valence-corrected chi connectivity index (χ2v) is 12.5. The zero-order chi connectivity index (χ0) is 28.7. The normalized spacial score (nSPS) is 14.8. The molecule has 0 radical (unpaired) electrons. The van der Waals surface area contributed by atoms with Crippen LogP contribution in [0.2, 0.25) is 0 Å². The number of hydrogen-bond acceptors (Lipinski definition) is 6. The number of para-hydroxylation sites is 1. The van der Waals surface area contributed by atoms with Gasteiger partial charge in [-0.1, -0.05) is 64.1 Å². The van der Waals surface area contributed by atoms with Gasteiger partial charge in [0.2, 0.25) is 9.84 Å². The number of anilines is 1. The van der Waals surface area contributed by atoms with Crippen LogP contribution in [0.1, 0.15) is 82.5 Å². The molecule has 2 aliphatic rings.